The van der Waals surface area contributed by atoms with Crippen LogP contribution in [-0.2, 0) is 4.79 Å². The summed E-state index contributed by atoms with van der Waals surface area (Å²) in [6, 6.07) is 5.58. The van der Waals surface area contributed by atoms with Crippen molar-refractivity contribution in [1.82, 2.24) is 20.1 Å². The van der Waals surface area contributed by atoms with Crippen LogP contribution in [0.25, 0.3) is 10.6 Å². The van der Waals surface area contributed by atoms with Gasteiger partial charge < -0.3 is 19.7 Å². The van der Waals surface area contributed by atoms with E-state index in [1.54, 1.807) is 24.5 Å². The molecule has 2 amide bonds. The average Bonchev–Trinajstić information content (AvgIpc) is 3.22. The average molecular weight is 447 g/mol. The number of nitrogens with zero attached hydrogens (tertiary/aromatic N) is 3. The second-order valence-electron chi connectivity index (χ2n) is 8.47. The molecule has 1 aromatic carbocycles. The first-order valence-corrected chi connectivity index (χ1v) is 11.1. The van der Waals surface area contributed by atoms with E-state index in [1.807, 2.05) is 39.0 Å². The molecule has 1 aliphatic heterocycles. The molecule has 8 nitrogen and oxygen atoms in total. The molecule has 0 spiro atoms. The Labute approximate surface area is 187 Å². The number of benzene rings is 1. The Morgan fingerprint density at radius 1 is 1.10 bits per heavy atom. The number of carbonyl (C=O) groups excluding carboxylic acids is 2. The van der Waals surface area contributed by atoms with Gasteiger partial charge in [-0.15, -0.1) is 11.3 Å². The van der Waals surface area contributed by atoms with E-state index in [0.717, 1.165) is 10.6 Å². The van der Waals surface area contributed by atoms with Crippen LogP contribution in [0.3, 0.4) is 0 Å². The number of carbonyl (C=O) groups is 2. The van der Waals surface area contributed by atoms with Gasteiger partial charge in [-0.3, -0.25) is 14.5 Å². The third-order valence-corrected chi connectivity index (χ3v) is 5.79. The predicted molar refractivity (Wildman–Crippen MR) is 121 cm³/mol. The number of amides is 2. The molecular weight excluding hydrogens is 416 g/mol. The van der Waals surface area contributed by atoms with Crippen molar-refractivity contribution in [1.29, 1.82) is 0 Å². The number of ether oxygens (including phenoxy) is 2. The Morgan fingerprint density at radius 3 is 2.39 bits per heavy atom. The third-order valence-electron chi connectivity index (χ3n) is 4.89. The lowest BCUT2D eigenvalue weighted by Gasteiger charge is -2.34. The van der Waals surface area contributed by atoms with Gasteiger partial charge in [0.2, 0.25) is 5.91 Å². The van der Waals surface area contributed by atoms with Crippen molar-refractivity contribution >= 4 is 23.2 Å². The molecule has 1 saturated heterocycles. The molecule has 31 heavy (non-hydrogen) atoms. The zero-order valence-electron chi connectivity index (χ0n) is 18.7. The Bertz CT molecular complexity index is 930. The third kappa shape index (κ3) is 5.95. The van der Waals surface area contributed by atoms with Crippen LogP contribution in [0.15, 0.2) is 23.6 Å². The van der Waals surface area contributed by atoms with Gasteiger partial charge in [0.15, 0.2) is 11.5 Å². The van der Waals surface area contributed by atoms with Gasteiger partial charge in [0, 0.05) is 42.7 Å². The Kier molecular flexibility index (Phi) is 7.17. The first kappa shape index (κ1) is 23.0. The van der Waals surface area contributed by atoms with Crippen molar-refractivity contribution in [2.75, 3.05) is 46.9 Å². The fraction of sp³-hybridized carbons (Fsp3) is 0.500. The molecule has 0 atom stereocenters. The molecule has 9 heteroatoms. The maximum atomic E-state index is 12.9. The molecule has 0 unspecified atom stereocenters. The highest BCUT2D eigenvalue weighted by atomic mass is 32.1. The SMILES string of the molecule is COc1ccc(-c2nc(C(=O)N3CCN(CC(=O)NC(C)(C)C)CC3)cs2)cc1OC. The number of aromatic nitrogens is 1. The topological polar surface area (TPSA) is 84.0 Å². The van der Waals surface area contributed by atoms with Crippen molar-refractivity contribution in [3.05, 3.63) is 29.3 Å². The number of methoxy groups -OCH3 is 2. The normalized spacial score (nSPS) is 14.9. The van der Waals surface area contributed by atoms with Gasteiger partial charge in [0.25, 0.3) is 5.91 Å². The molecule has 168 valence electrons. The summed E-state index contributed by atoms with van der Waals surface area (Å²) in [6.45, 7) is 8.71. The molecule has 1 fully saturated rings. The van der Waals surface area contributed by atoms with E-state index < -0.39 is 0 Å². The summed E-state index contributed by atoms with van der Waals surface area (Å²) in [6.07, 6.45) is 0. The minimum atomic E-state index is -0.245. The van der Waals surface area contributed by atoms with Crippen LogP contribution >= 0.6 is 11.3 Å². The van der Waals surface area contributed by atoms with Crippen LogP contribution in [0.4, 0.5) is 0 Å². The van der Waals surface area contributed by atoms with E-state index in [4.69, 9.17) is 9.47 Å². The maximum absolute atomic E-state index is 12.9. The number of nitrogens with one attached hydrogen (secondary N) is 1. The van der Waals surface area contributed by atoms with Crippen molar-refractivity contribution in [3.8, 4) is 22.1 Å². The Balaban J connectivity index is 1.59. The molecule has 1 aliphatic rings. The van der Waals surface area contributed by atoms with Crippen LogP contribution < -0.4 is 14.8 Å². The van der Waals surface area contributed by atoms with Gasteiger partial charge in [-0.1, -0.05) is 0 Å². The van der Waals surface area contributed by atoms with Gasteiger partial charge in [-0.2, -0.15) is 0 Å². The lowest BCUT2D eigenvalue weighted by atomic mass is 10.1. The quantitative estimate of drug-likeness (QED) is 0.734. The highest BCUT2D eigenvalue weighted by Gasteiger charge is 2.26. The van der Waals surface area contributed by atoms with Crippen molar-refractivity contribution in [2.24, 2.45) is 0 Å². The second-order valence-corrected chi connectivity index (χ2v) is 9.33. The van der Waals surface area contributed by atoms with E-state index in [0.29, 0.717) is 49.9 Å². The molecule has 0 bridgehead atoms. The fourth-order valence-corrected chi connectivity index (χ4v) is 4.20. The highest BCUT2D eigenvalue weighted by Crippen LogP contribution is 2.33. The molecular formula is C22H30N4O4S. The predicted octanol–water partition coefficient (Wildman–Crippen LogP) is 2.50. The monoisotopic (exact) mass is 446 g/mol. The summed E-state index contributed by atoms with van der Waals surface area (Å²) in [4.78, 5) is 33.5. The summed E-state index contributed by atoms with van der Waals surface area (Å²) in [7, 11) is 3.18. The first-order chi connectivity index (χ1) is 14.7. The fourth-order valence-electron chi connectivity index (χ4n) is 3.41. The Morgan fingerprint density at radius 2 is 1.77 bits per heavy atom. The van der Waals surface area contributed by atoms with Crippen LogP contribution in [0.5, 0.6) is 11.5 Å². The summed E-state index contributed by atoms with van der Waals surface area (Å²) < 4.78 is 10.6. The number of piperazine rings is 1. The highest BCUT2D eigenvalue weighted by molar-refractivity contribution is 7.13. The minimum Gasteiger partial charge on any atom is -0.493 e. The van der Waals surface area contributed by atoms with Crippen LogP contribution in [-0.4, -0.2) is 79.1 Å². The van der Waals surface area contributed by atoms with E-state index >= 15 is 0 Å². The van der Waals surface area contributed by atoms with Crippen LogP contribution in [0, 0.1) is 0 Å². The molecule has 0 saturated carbocycles. The molecule has 0 aliphatic carbocycles. The summed E-state index contributed by atoms with van der Waals surface area (Å²) in [5.74, 6) is 1.19. The van der Waals surface area contributed by atoms with E-state index in [-0.39, 0.29) is 17.4 Å². The lowest BCUT2D eigenvalue weighted by Crippen LogP contribution is -2.52. The standard InChI is InChI=1S/C22H30N4O4S/c1-22(2,3)24-19(27)13-25-8-10-26(11-9-25)21(28)16-14-31-20(23-16)15-6-7-17(29-4)18(12-15)30-5/h6-7,12,14H,8-11,13H2,1-5H3,(H,24,27). The summed E-state index contributed by atoms with van der Waals surface area (Å²) >= 11 is 1.42. The van der Waals surface area contributed by atoms with Gasteiger partial charge in [0.1, 0.15) is 10.7 Å². The van der Waals surface area contributed by atoms with Gasteiger partial charge in [0.05, 0.1) is 20.8 Å². The summed E-state index contributed by atoms with van der Waals surface area (Å²) in [5.41, 5.74) is 1.07. The van der Waals surface area contributed by atoms with Crippen molar-refractivity contribution in [3.63, 3.8) is 0 Å². The first-order valence-electron chi connectivity index (χ1n) is 10.2. The van der Waals surface area contributed by atoms with Crippen molar-refractivity contribution < 1.29 is 19.1 Å². The number of rotatable bonds is 6. The van der Waals surface area contributed by atoms with Gasteiger partial charge >= 0.3 is 0 Å². The zero-order valence-corrected chi connectivity index (χ0v) is 19.5. The van der Waals surface area contributed by atoms with Crippen LogP contribution in [0.2, 0.25) is 0 Å². The molecule has 2 aromatic rings. The van der Waals surface area contributed by atoms with Gasteiger partial charge in [-0.05, 0) is 39.0 Å². The zero-order chi connectivity index (χ0) is 22.6. The maximum Gasteiger partial charge on any atom is 0.273 e. The summed E-state index contributed by atoms with van der Waals surface area (Å²) in [5, 5.41) is 5.51. The van der Waals surface area contributed by atoms with E-state index in [9.17, 15) is 9.59 Å². The molecule has 0 radical (unpaired) electrons. The van der Waals surface area contributed by atoms with Crippen LogP contribution in [0.1, 0.15) is 31.3 Å². The van der Waals surface area contributed by atoms with Gasteiger partial charge in [-0.25, -0.2) is 4.98 Å². The largest absolute Gasteiger partial charge is 0.493 e. The molecule has 1 N–H and O–H groups in total. The Hall–Kier alpha value is -2.65. The lowest BCUT2D eigenvalue weighted by molar-refractivity contribution is -0.124. The number of hydrogen-bond acceptors (Lipinski definition) is 7. The molecule has 1 aromatic heterocycles. The minimum absolute atomic E-state index is 0.00587. The molecule has 3 rings (SSSR count). The molecule has 2 heterocycles. The smallest absolute Gasteiger partial charge is 0.273 e. The van der Waals surface area contributed by atoms with Crippen molar-refractivity contribution in [2.45, 2.75) is 26.3 Å². The van der Waals surface area contributed by atoms with E-state index in [1.165, 1.54) is 11.3 Å². The number of thiazole rings is 1. The van der Waals surface area contributed by atoms with E-state index in [2.05, 4.69) is 15.2 Å². The number of hydrogen-bond donors (Lipinski definition) is 1. The second kappa shape index (κ2) is 9.65.